The zero-order chi connectivity index (χ0) is 20.9. The summed E-state index contributed by atoms with van der Waals surface area (Å²) in [4.78, 5) is 15.3. The first-order chi connectivity index (χ1) is 14.6. The molecule has 1 fully saturated rings. The van der Waals surface area contributed by atoms with E-state index < -0.39 is 0 Å². The van der Waals surface area contributed by atoms with Gasteiger partial charge >= 0.3 is 0 Å². The number of rotatable bonds is 8. The van der Waals surface area contributed by atoms with Crippen molar-refractivity contribution in [3.63, 3.8) is 0 Å². The minimum Gasteiger partial charge on any atom is -0.338 e. The predicted molar refractivity (Wildman–Crippen MR) is 132 cm³/mol. The van der Waals surface area contributed by atoms with Crippen molar-refractivity contribution in [1.29, 1.82) is 0 Å². The highest BCUT2D eigenvalue weighted by Gasteiger charge is 2.15. The van der Waals surface area contributed by atoms with Gasteiger partial charge in [-0.05, 0) is 95.0 Å². The first kappa shape index (κ1) is 23.7. The first-order valence-corrected chi connectivity index (χ1v) is 11.4. The molecule has 3 heterocycles. The molecule has 168 valence electrons. The van der Waals surface area contributed by atoms with E-state index in [9.17, 15) is 0 Å². The SMILES string of the molecule is Cc1cc(C)c2nc(-c3ccnc(CNCCCCC4CCN(C)CC4)c3)[nH]c2c1.Cl. The van der Waals surface area contributed by atoms with Gasteiger partial charge in [0.1, 0.15) is 5.82 Å². The van der Waals surface area contributed by atoms with Gasteiger partial charge in [0, 0.05) is 18.3 Å². The maximum Gasteiger partial charge on any atom is 0.138 e. The Kier molecular flexibility index (Phi) is 8.47. The number of likely N-dealkylation sites (tertiary alicyclic amines) is 1. The number of aromatic amines is 1. The van der Waals surface area contributed by atoms with Gasteiger partial charge in [0.25, 0.3) is 0 Å². The minimum absolute atomic E-state index is 0. The lowest BCUT2D eigenvalue weighted by Crippen LogP contribution is -2.30. The number of hydrogen-bond donors (Lipinski definition) is 2. The van der Waals surface area contributed by atoms with Gasteiger partial charge in [0.2, 0.25) is 0 Å². The van der Waals surface area contributed by atoms with Gasteiger partial charge in [-0.25, -0.2) is 4.98 Å². The van der Waals surface area contributed by atoms with Gasteiger partial charge in [-0.1, -0.05) is 18.9 Å². The van der Waals surface area contributed by atoms with Crippen molar-refractivity contribution < 1.29 is 0 Å². The summed E-state index contributed by atoms with van der Waals surface area (Å²) in [6.07, 6.45) is 8.59. The molecular formula is C25H36ClN5. The van der Waals surface area contributed by atoms with E-state index in [0.717, 1.165) is 47.1 Å². The summed E-state index contributed by atoms with van der Waals surface area (Å²) in [5.74, 6) is 1.86. The average Bonchev–Trinajstić information content (AvgIpc) is 3.17. The standard InChI is InChI=1S/C25H35N5.ClH/c1-18-14-19(2)24-23(15-18)28-25(29-24)21-7-11-27-22(16-21)17-26-10-5-4-6-20-8-12-30(3)13-9-20;/h7,11,14-16,20,26H,4-6,8-10,12-13,17H2,1-3H3,(H,28,29);1H. The van der Waals surface area contributed by atoms with Crippen molar-refractivity contribution in [3.8, 4) is 11.4 Å². The van der Waals surface area contributed by atoms with Crippen LogP contribution in [-0.2, 0) is 6.54 Å². The second-order valence-electron chi connectivity index (χ2n) is 9.02. The number of halogens is 1. The summed E-state index contributed by atoms with van der Waals surface area (Å²) in [5.41, 5.74) is 6.78. The summed E-state index contributed by atoms with van der Waals surface area (Å²) in [7, 11) is 2.24. The van der Waals surface area contributed by atoms with Gasteiger partial charge < -0.3 is 15.2 Å². The number of aryl methyl sites for hydroxylation is 2. The quantitative estimate of drug-likeness (QED) is 0.468. The number of pyridine rings is 1. The van der Waals surface area contributed by atoms with Crippen LogP contribution in [0.1, 0.15) is 48.9 Å². The molecule has 2 N–H and O–H groups in total. The Balaban J connectivity index is 0.00000272. The maximum atomic E-state index is 4.83. The average molecular weight is 442 g/mol. The highest BCUT2D eigenvalue weighted by molar-refractivity contribution is 5.85. The largest absolute Gasteiger partial charge is 0.338 e. The topological polar surface area (TPSA) is 56.8 Å². The minimum atomic E-state index is 0. The molecule has 4 rings (SSSR count). The smallest absolute Gasteiger partial charge is 0.138 e. The van der Waals surface area contributed by atoms with Crippen molar-refractivity contribution in [2.24, 2.45) is 5.92 Å². The highest BCUT2D eigenvalue weighted by Crippen LogP contribution is 2.24. The summed E-state index contributed by atoms with van der Waals surface area (Å²) < 4.78 is 0. The zero-order valence-electron chi connectivity index (χ0n) is 19.1. The number of hydrogen-bond acceptors (Lipinski definition) is 4. The Bertz CT molecular complexity index is 975. The Morgan fingerprint density at radius 2 is 1.94 bits per heavy atom. The number of H-pyrrole nitrogens is 1. The Morgan fingerprint density at radius 1 is 1.13 bits per heavy atom. The molecule has 0 bridgehead atoms. The summed E-state index contributed by atoms with van der Waals surface area (Å²) in [5, 5.41) is 3.57. The molecule has 0 spiro atoms. The van der Waals surface area contributed by atoms with Crippen LogP contribution in [0.4, 0.5) is 0 Å². The normalized spacial score (nSPS) is 15.3. The Morgan fingerprint density at radius 3 is 2.74 bits per heavy atom. The van der Waals surface area contributed by atoms with Crippen LogP contribution >= 0.6 is 12.4 Å². The molecule has 1 aliphatic heterocycles. The molecule has 0 amide bonds. The van der Waals surface area contributed by atoms with Crippen LogP contribution in [0.5, 0.6) is 0 Å². The molecule has 2 aromatic heterocycles. The van der Waals surface area contributed by atoms with Crippen LogP contribution in [0.15, 0.2) is 30.5 Å². The van der Waals surface area contributed by atoms with E-state index in [1.165, 1.54) is 56.3 Å². The summed E-state index contributed by atoms with van der Waals surface area (Å²) >= 11 is 0. The number of nitrogens with one attached hydrogen (secondary N) is 2. The van der Waals surface area contributed by atoms with Crippen LogP contribution < -0.4 is 5.32 Å². The number of fused-ring (bicyclic) bond motifs is 1. The van der Waals surface area contributed by atoms with Crippen molar-refractivity contribution in [2.75, 3.05) is 26.7 Å². The molecule has 0 aliphatic carbocycles. The third-order valence-electron chi connectivity index (χ3n) is 6.37. The molecule has 3 aromatic rings. The van der Waals surface area contributed by atoms with Gasteiger partial charge in [0.15, 0.2) is 0 Å². The maximum absolute atomic E-state index is 4.83. The molecule has 0 saturated carbocycles. The number of imidazole rings is 1. The monoisotopic (exact) mass is 441 g/mol. The number of nitrogens with zero attached hydrogens (tertiary/aromatic N) is 3. The molecule has 1 aliphatic rings. The number of aromatic nitrogens is 3. The van der Waals surface area contributed by atoms with Crippen molar-refractivity contribution >= 4 is 23.4 Å². The molecule has 0 radical (unpaired) electrons. The molecule has 5 nitrogen and oxygen atoms in total. The second kappa shape index (κ2) is 11.1. The highest BCUT2D eigenvalue weighted by atomic mass is 35.5. The van der Waals surface area contributed by atoms with Gasteiger partial charge in [-0.2, -0.15) is 0 Å². The molecule has 1 saturated heterocycles. The van der Waals surface area contributed by atoms with E-state index in [4.69, 9.17) is 4.98 Å². The third kappa shape index (κ3) is 6.28. The van der Waals surface area contributed by atoms with Crippen LogP contribution in [0.3, 0.4) is 0 Å². The molecular weight excluding hydrogens is 406 g/mol. The van der Waals surface area contributed by atoms with Crippen molar-refractivity contribution in [1.82, 2.24) is 25.2 Å². The van der Waals surface area contributed by atoms with E-state index in [1.54, 1.807) is 0 Å². The Labute approximate surface area is 192 Å². The van der Waals surface area contributed by atoms with Crippen LogP contribution in [-0.4, -0.2) is 46.5 Å². The van der Waals surface area contributed by atoms with Crippen molar-refractivity contribution in [3.05, 3.63) is 47.3 Å². The predicted octanol–water partition coefficient (Wildman–Crippen LogP) is 5.27. The molecule has 6 heteroatoms. The lowest BCUT2D eigenvalue weighted by atomic mass is 9.92. The zero-order valence-corrected chi connectivity index (χ0v) is 19.9. The number of unbranched alkanes of at least 4 members (excludes halogenated alkanes) is 1. The number of benzene rings is 1. The van der Waals surface area contributed by atoms with Gasteiger partial charge in [0.05, 0.1) is 16.7 Å². The molecule has 1 aromatic carbocycles. The van der Waals surface area contributed by atoms with E-state index >= 15 is 0 Å². The van der Waals surface area contributed by atoms with Crippen LogP contribution in [0.25, 0.3) is 22.4 Å². The van der Waals surface area contributed by atoms with Crippen LogP contribution in [0, 0.1) is 19.8 Å². The van der Waals surface area contributed by atoms with E-state index in [0.29, 0.717) is 0 Å². The van der Waals surface area contributed by atoms with E-state index in [1.807, 2.05) is 12.3 Å². The fourth-order valence-corrected chi connectivity index (χ4v) is 4.58. The summed E-state index contributed by atoms with van der Waals surface area (Å²) in [6, 6.07) is 8.52. The van der Waals surface area contributed by atoms with Crippen LogP contribution in [0.2, 0.25) is 0 Å². The third-order valence-corrected chi connectivity index (χ3v) is 6.37. The lowest BCUT2D eigenvalue weighted by molar-refractivity contribution is 0.209. The fourth-order valence-electron chi connectivity index (χ4n) is 4.58. The molecule has 31 heavy (non-hydrogen) atoms. The lowest BCUT2D eigenvalue weighted by Gasteiger charge is -2.28. The number of piperidine rings is 1. The fraction of sp³-hybridized carbons (Fsp3) is 0.520. The van der Waals surface area contributed by atoms with Crippen molar-refractivity contribution in [2.45, 2.75) is 52.5 Å². The summed E-state index contributed by atoms with van der Waals surface area (Å²) in [6.45, 7) is 8.65. The Hall–Kier alpha value is -1.95. The van der Waals surface area contributed by atoms with Gasteiger partial charge in [-0.3, -0.25) is 4.98 Å². The van der Waals surface area contributed by atoms with E-state index in [2.05, 4.69) is 59.3 Å². The molecule has 0 unspecified atom stereocenters. The van der Waals surface area contributed by atoms with Gasteiger partial charge in [-0.15, -0.1) is 12.4 Å². The molecule has 0 atom stereocenters. The first-order valence-electron chi connectivity index (χ1n) is 11.4. The van der Waals surface area contributed by atoms with E-state index in [-0.39, 0.29) is 12.4 Å². The second-order valence-corrected chi connectivity index (χ2v) is 9.02.